The predicted octanol–water partition coefficient (Wildman–Crippen LogP) is 3.85. The Bertz CT molecular complexity index is 572. The van der Waals surface area contributed by atoms with E-state index in [0.717, 1.165) is 17.8 Å². The van der Waals surface area contributed by atoms with Crippen LogP contribution in [-0.4, -0.2) is 13.7 Å². The van der Waals surface area contributed by atoms with Crippen LogP contribution in [0, 0.1) is 5.82 Å². The highest BCUT2D eigenvalue weighted by atomic mass is 19.1. The molecule has 1 N–H and O–H groups in total. The van der Waals surface area contributed by atoms with Gasteiger partial charge in [0.2, 0.25) is 0 Å². The smallest absolute Gasteiger partial charge is 0.162 e. The molecule has 0 aliphatic rings. The molecule has 0 heterocycles. The van der Waals surface area contributed by atoms with E-state index in [1.807, 2.05) is 31.2 Å². The first-order valence-electron chi connectivity index (χ1n) is 6.52. The lowest BCUT2D eigenvalue weighted by Crippen LogP contribution is -2.00. The van der Waals surface area contributed by atoms with Gasteiger partial charge in [-0.3, -0.25) is 0 Å². The zero-order valence-electron chi connectivity index (χ0n) is 11.7. The summed E-state index contributed by atoms with van der Waals surface area (Å²) in [6, 6.07) is 12.0. The maximum atomic E-state index is 13.1. The molecule has 2 aromatic rings. The molecule has 0 atom stereocenters. The molecule has 0 spiro atoms. The lowest BCUT2D eigenvalue weighted by Gasteiger charge is -2.12. The van der Waals surface area contributed by atoms with Gasteiger partial charge < -0.3 is 14.8 Å². The predicted molar refractivity (Wildman–Crippen MR) is 77.9 cm³/mol. The molecule has 2 aromatic carbocycles. The molecular weight excluding hydrogens is 257 g/mol. The largest absolute Gasteiger partial charge is 0.493 e. The first-order valence-corrected chi connectivity index (χ1v) is 6.52. The van der Waals surface area contributed by atoms with Crippen LogP contribution in [0.3, 0.4) is 0 Å². The number of rotatable bonds is 6. The van der Waals surface area contributed by atoms with Crippen molar-refractivity contribution in [2.45, 2.75) is 13.5 Å². The quantitative estimate of drug-likeness (QED) is 0.868. The Hall–Kier alpha value is -2.23. The molecule has 0 radical (unpaired) electrons. The van der Waals surface area contributed by atoms with E-state index >= 15 is 0 Å². The fourth-order valence-electron chi connectivity index (χ4n) is 1.89. The molecule has 0 amide bonds. The highest BCUT2D eigenvalue weighted by molar-refractivity contribution is 5.54. The van der Waals surface area contributed by atoms with Crippen LogP contribution in [-0.2, 0) is 6.61 Å². The molecule has 106 valence electrons. The van der Waals surface area contributed by atoms with Gasteiger partial charge in [0, 0.05) is 18.3 Å². The number of hydrogen-bond donors (Lipinski definition) is 1. The zero-order valence-corrected chi connectivity index (χ0v) is 11.7. The van der Waals surface area contributed by atoms with E-state index in [0.29, 0.717) is 18.1 Å². The van der Waals surface area contributed by atoms with Crippen LogP contribution < -0.4 is 14.8 Å². The topological polar surface area (TPSA) is 30.5 Å². The molecule has 0 saturated carbocycles. The molecule has 20 heavy (non-hydrogen) atoms. The average Bonchev–Trinajstić information content (AvgIpc) is 2.46. The van der Waals surface area contributed by atoms with Crippen molar-refractivity contribution in [3.63, 3.8) is 0 Å². The molecule has 3 nitrogen and oxygen atoms in total. The van der Waals surface area contributed by atoms with Crippen molar-refractivity contribution in [2.75, 3.05) is 19.0 Å². The van der Waals surface area contributed by atoms with Crippen molar-refractivity contribution in [1.29, 1.82) is 0 Å². The number of hydrogen-bond acceptors (Lipinski definition) is 3. The van der Waals surface area contributed by atoms with Crippen molar-refractivity contribution in [2.24, 2.45) is 0 Å². The second-order valence-corrected chi connectivity index (χ2v) is 4.31. The number of nitrogens with one attached hydrogen (secondary N) is 1. The van der Waals surface area contributed by atoms with Gasteiger partial charge in [-0.15, -0.1) is 0 Å². The van der Waals surface area contributed by atoms with Crippen LogP contribution in [0.2, 0.25) is 0 Å². The fourth-order valence-corrected chi connectivity index (χ4v) is 1.89. The van der Waals surface area contributed by atoms with Crippen molar-refractivity contribution in [3.05, 3.63) is 53.8 Å². The summed E-state index contributed by atoms with van der Waals surface area (Å²) in [7, 11) is 1.60. The molecule has 0 aromatic heterocycles. The summed E-state index contributed by atoms with van der Waals surface area (Å²) < 4.78 is 24.1. The molecule has 0 fully saturated rings. The van der Waals surface area contributed by atoms with E-state index in [2.05, 4.69) is 5.32 Å². The van der Waals surface area contributed by atoms with Crippen LogP contribution in [0.15, 0.2) is 42.5 Å². The zero-order chi connectivity index (χ0) is 14.4. The van der Waals surface area contributed by atoms with E-state index < -0.39 is 0 Å². The lowest BCUT2D eigenvalue weighted by atomic mass is 10.2. The summed E-state index contributed by atoms with van der Waals surface area (Å²) in [6.07, 6.45) is 0. The van der Waals surface area contributed by atoms with E-state index in [4.69, 9.17) is 9.47 Å². The standard InChI is InChI=1S/C16H18FNO2/c1-3-18-14-7-8-15(16(10-14)19-2)20-11-12-5-4-6-13(17)9-12/h4-10,18H,3,11H2,1-2H3. The molecule has 0 saturated heterocycles. The van der Waals surface area contributed by atoms with Gasteiger partial charge in [0.1, 0.15) is 12.4 Å². The number of ether oxygens (including phenoxy) is 2. The van der Waals surface area contributed by atoms with Gasteiger partial charge in [0.05, 0.1) is 7.11 Å². The van der Waals surface area contributed by atoms with Gasteiger partial charge in [-0.05, 0) is 36.8 Å². The van der Waals surface area contributed by atoms with Gasteiger partial charge in [-0.2, -0.15) is 0 Å². The molecule has 4 heteroatoms. The van der Waals surface area contributed by atoms with E-state index in [-0.39, 0.29) is 5.82 Å². The second-order valence-electron chi connectivity index (χ2n) is 4.31. The van der Waals surface area contributed by atoms with E-state index in [1.54, 1.807) is 13.2 Å². The van der Waals surface area contributed by atoms with Crippen LogP contribution in [0.5, 0.6) is 11.5 Å². The summed E-state index contributed by atoms with van der Waals surface area (Å²) in [6.45, 7) is 3.17. The number of benzene rings is 2. The third-order valence-electron chi connectivity index (χ3n) is 2.83. The highest BCUT2D eigenvalue weighted by Crippen LogP contribution is 2.30. The van der Waals surface area contributed by atoms with Crippen LogP contribution >= 0.6 is 0 Å². The van der Waals surface area contributed by atoms with Crippen LogP contribution in [0.25, 0.3) is 0 Å². The van der Waals surface area contributed by atoms with Crippen molar-refractivity contribution in [1.82, 2.24) is 0 Å². The monoisotopic (exact) mass is 275 g/mol. The number of anilines is 1. The third kappa shape index (κ3) is 3.63. The first kappa shape index (κ1) is 14.2. The number of methoxy groups -OCH3 is 1. The minimum absolute atomic E-state index is 0.263. The van der Waals surface area contributed by atoms with Crippen molar-refractivity contribution >= 4 is 5.69 Å². The van der Waals surface area contributed by atoms with Gasteiger partial charge in [-0.1, -0.05) is 12.1 Å². The van der Waals surface area contributed by atoms with Crippen LogP contribution in [0.1, 0.15) is 12.5 Å². The van der Waals surface area contributed by atoms with Crippen molar-refractivity contribution < 1.29 is 13.9 Å². The molecule has 2 rings (SSSR count). The van der Waals surface area contributed by atoms with Crippen LogP contribution in [0.4, 0.5) is 10.1 Å². The Labute approximate surface area is 118 Å². The van der Waals surface area contributed by atoms with Gasteiger partial charge in [0.15, 0.2) is 11.5 Å². The normalized spacial score (nSPS) is 10.2. The van der Waals surface area contributed by atoms with Crippen molar-refractivity contribution in [3.8, 4) is 11.5 Å². The Morgan fingerprint density at radius 2 is 1.95 bits per heavy atom. The Balaban J connectivity index is 2.09. The Morgan fingerprint density at radius 3 is 2.65 bits per heavy atom. The van der Waals surface area contributed by atoms with Gasteiger partial charge in [0.25, 0.3) is 0 Å². The summed E-state index contributed by atoms with van der Waals surface area (Å²) in [5.74, 6) is 1.03. The Morgan fingerprint density at radius 1 is 1.10 bits per heavy atom. The minimum Gasteiger partial charge on any atom is -0.493 e. The maximum absolute atomic E-state index is 13.1. The van der Waals surface area contributed by atoms with Gasteiger partial charge >= 0.3 is 0 Å². The van der Waals surface area contributed by atoms with E-state index in [9.17, 15) is 4.39 Å². The molecule has 0 aliphatic heterocycles. The number of halogens is 1. The molecule has 0 unspecified atom stereocenters. The summed E-state index contributed by atoms with van der Waals surface area (Å²) in [5.41, 5.74) is 1.75. The summed E-state index contributed by atoms with van der Waals surface area (Å²) in [5, 5.41) is 3.21. The lowest BCUT2D eigenvalue weighted by molar-refractivity contribution is 0.284. The fraction of sp³-hybridized carbons (Fsp3) is 0.250. The maximum Gasteiger partial charge on any atom is 0.162 e. The van der Waals surface area contributed by atoms with E-state index in [1.165, 1.54) is 12.1 Å². The second kappa shape index (κ2) is 6.80. The average molecular weight is 275 g/mol. The SMILES string of the molecule is CCNc1ccc(OCc2cccc(F)c2)c(OC)c1. The summed E-state index contributed by atoms with van der Waals surface area (Å²) >= 11 is 0. The molecule has 0 aliphatic carbocycles. The third-order valence-corrected chi connectivity index (χ3v) is 2.83. The summed E-state index contributed by atoms with van der Waals surface area (Å²) in [4.78, 5) is 0. The molecule has 0 bridgehead atoms. The first-order chi connectivity index (χ1) is 9.72. The highest BCUT2D eigenvalue weighted by Gasteiger charge is 2.06. The van der Waals surface area contributed by atoms with Gasteiger partial charge in [-0.25, -0.2) is 4.39 Å². The Kier molecular flexibility index (Phi) is 4.82. The minimum atomic E-state index is -0.263. The molecular formula is C16H18FNO2.